The average molecular weight is 364 g/mol. The molecule has 2 aromatic heterocycles. The molecule has 0 radical (unpaired) electrons. The number of hydrogen-bond donors (Lipinski definition) is 1. The minimum absolute atomic E-state index is 0.244. The molecule has 1 aliphatic rings. The van der Waals surface area contributed by atoms with E-state index in [1.165, 1.54) is 35.4 Å². The van der Waals surface area contributed by atoms with Gasteiger partial charge >= 0.3 is 5.69 Å². The average Bonchev–Trinajstić information content (AvgIpc) is 2.70. The Morgan fingerprint density at radius 1 is 1.04 bits per heavy atom. The zero-order valence-electron chi connectivity index (χ0n) is 15.3. The highest BCUT2D eigenvalue weighted by Gasteiger charge is 2.15. The van der Waals surface area contributed by atoms with Crippen molar-refractivity contribution < 1.29 is 4.79 Å². The normalized spacial score (nSPS) is 13.4. The number of nitrogens with zero attached hydrogens (tertiary/aromatic N) is 3. The number of aryl methyl sites for hydroxylation is 3. The van der Waals surface area contributed by atoms with Gasteiger partial charge in [-0.2, -0.15) is 0 Å². The third-order valence-electron chi connectivity index (χ3n) is 5.16. The number of anilines is 1. The molecule has 1 aliphatic carbocycles. The minimum Gasteiger partial charge on any atom is -0.321 e. The van der Waals surface area contributed by atoms with Crippen molar-refractivity contribution in [1.29, 1.82) is 0 Å². The Labute approximate surface area is 155 Å². The summed E-state index contributed by atoms with van der Waals surface area (Å²) in [6.45, 7) is 0. The molecule has 0 spiro atoms. The molecule has 0 unspecified atom stereocenters. The van der Waals surface area contributed by atoms with Gasteiger partial charge in [-0.15, -0.1) is 0 Å². The van der Waals surface area contributed by atoms with Crippen LogP contribution in [0.2, 0.25) is 0 Å². The van der Waals surface area contributed by atoms with Crippen LogP contribution in [0.1, 0.15) is 34.3 Å². The summed E-state index contributed by atoms with van der Waals surface area (Å²) in [7, 11) is 2.98. The molecule has 0 fully saturated rings. The number of nitrogens with one attached hydrogen (secondary N) is 1. The van der Waals surface area contributed by atoms with E-state index in [-0.39, 0.29) is 16.9 Å². The lowest BCUT2D eigenvalue weighted by atomic mass is 9.90. The Hall–Kier alpha value is -3.22. The van der Waals surface area contributed by atoms with Gasteiger partial charge in [-0.1, -0.05) is 6.07 Å². The van der Waals surface area contributed by atoms with E-state index in [1.807, 2.05) is 18.2 Å². The predicted molar refractivity (Wildman–Crippen MR) is 103 cm³/mol. The fraction of sp³-hybridized carbons (Fsp3) is 0.300. The van der Waals surface area contributed by atoms with Crippen molar-refractivity contribution in [3.63, 3.8) is 0 Å². The van der Waals surface area contributed by atoms with Crippen LogP contribution >= 0.6 is 0 Å². The Bertz CT molecular complexity index is 1190. The maximum atomic E-state index is 12.6. The van der Waals surface area contributed by atoms with E-state index in [0.717, 1.165) is 23.8 Å². The van der Waals surface area contributed by atoms with Gasteiger partial charge in [-0.3, -0.25) is 18.7 Å². The Morgan fingerprint density at radius 3 is 2.56 bits per heavy atom. The molecule has 0 bridgehead atoms. The van der Waals surface area contributed by atoms with E-state index in [1.54, 1.807) is 13.1 Å². The fourth-order valence-electron chi connectivity index (χ4n) is 3.61. The zero-order valence-corrected chi connectivity index (χ0v) is 15.3. The third-order valence-corrected chi connectivity index (χ3v) is 5.16. The molecule has 0 saturated carbocycles. The van der Waals surface area contributed by atoms with Crippen molar-refractivity contribution in [2.75, 3.05) is 5.32 Å². The Morgan fingerprint density at radius 2 is 1.78 bits per heavy atom. The Kier molecular flexibility index (Phi) is 4.14. The predicted octanol–water partition coefficient (Wildman–Crippen LogP) is 1.76. The van der Waals surface area contributed by atoms with Crippen molar-refractivity contribution in [3.8, 4) is 0 Å². The molecule has 1 N–H and O–H groups in total. The molecule has 138 valence electrons. The SMILES string of the molecule is Cn1c(=O)c2cc(NC(=O)c3ccc4c(c3)CCCC4)cnc2n(C)c1=O. The molecule has 1 amide bonds. The second-order valence-electron chi connectivity index (χ2n) is 6.95. The van der Waals surface area contributed by atoms with Crippen LogP contribution in [-0.4, -0.2) is 20.0 Å². The summed E-state index contributed by atoms with van der Waals surface area (Å²) < 4.78 is 2.34. The van der Waals surface area contributed by atoms with Crippen LogP contribution in [0.3, 0.4) is 0 Å². The molecule has 2 heterocycles. The molecule has 4 rings (SSSR count). The lowest BCUT2D eigenvalue weighted by molar-refractivity contribution is 0.102. The van der Waals surface area contributed by atoms with Gasteiger partial charge in [-0.05, 0) is 55.0 Å². The molecule has 0 atom stereocenters. The van der Waals surface area contributed by atoms with Crippen molar-refractivity contribution >= 4 is 22.6 Å². The van der Waals surface area contributed by atoms with Gasteiger partial charge in [-0.25, -0.2) is 9.78 Å². The zero-order chi connectivity index (χ0) is 19.1. The maximum absolute atomic E-state index is 12.6. The topological polar surface area (TPSA) is 86.0 Å². The van der Waals surface area contributed by atoms with Gasteiger partial charge in [0.1, 0.15) is 5.65 Å². The van der Waals surface area contributed by atoms with Gasteiger partial charge in [0.25, 0.3) is 11.5 Å². The van der Waals surface area contributed by atoms with E-state index >= 15 is 0 Å². The van der Waals surface area contributed by atoms with E-state index in [4.69, 9.17) is 0 Å². The standard InChI is InChI=1S/C20H20N4O3/c1-23-17-16(19(26)24(2)20(23)27)10-15(11-21-17)22-18(25)14-8-7-12-5-3-4-6-13(12)9-14/h7-11H,3-6H2,1-2H3,(H,22,25). The summed E-state index contributed by atoms with van der Waals surface area (Å²) in [5.74, 6) is -0.244. The van der Waals surface area contributed by atoms with E-state index in [9.17, 15) is 14.4 Å². The van der Waals surface area contributed by atoms with Crippen molar-refractivity contribution in [2.24, 2.45) is 14.1 Å². The van der Waals surface area contributed by atoms with Crippen LogP contribution in [0.15, 0.2) is 40.1 Å². The number of carbonyl (C=O) groups excluding carboxylic acids is 1. The summed E-state index contributed by atoms with van der Waals surface area (Å²) >= 11 is 0. The smallest absolute Gasteiger partial charge is 0.321 e. The van der Waals surface area contributed by atoms with Crippen LogP contribution in [0, 0.1) is 0 Å². The number of rotatable bonds is 2. The fourth-order valence-corrected chi connectivity index (χ4v) is 3.61. The van der Waals surface area contributed by atoms with Crippen molar-refractivity contribution in [3.05, 3.63) is 68.0 Å². The summed E-state index contributed by atoms with van der Waals surface area (Å²) in [6.07, 6.45) is 5.86. The van der Waals surface area contributed by atoms with Crippen LogP contribution in [0.25, 0.3) is 11.0 Å². The summed E-state index contributed by atoms with van der Waals surface area (Å²) in [4.78, 5) is 41.2. The van der Waals surface area contributed by atoms with Gasteiger partial charge in [0.2, 0.25) is 0 Å². The second kappa shape index (κ2) is 6.50. The Balaban J connectivity index is 1.68. The third kappa shape index (κ3) is 2.95. The quantitative estimate of drug-likeness (QED) is 0.751. The first-order valence-electron chi connectivity index (χ1n) is 8.94. The molecular weight excluding hydrogens is 344 g/mol. The highest BCUT2D eigenvalue weighted by atomic mass is 16.2. The number of fused-ring (bicyclic) bond motifs is 2. The van der Waals surface area contributed by atoms with Crippen LogP contribution < -0.4 is 16.6 Å². The minimum atomic E-state index is -0.439. The van der Waals surface area contributed by atoms with Crippen LogP contribution in [0.4, 0.5) is 5.69 Å². The first-order valence-corrected chi connectivity index (χ1v) is 8.94. The second-order valence-corrected chi connectivity index (χ2v) is 6.95. The highest BCUT2D eigenvalue weighted by Crippen LogP contribution is 2.23. The number of aromatic nitrogens is 3. The van der Waals surface area contributed by atoms with E-state index in [0.29, 0.717) is 11.3 Å². The van der Waals surface area contributed by atoms with Gasteiger partial charge in [0, 0.05) is 19.7 Å². The first-order chi connectivity index (χ1) is 13.0. The summed E-state index contributed by atoms with van der Waals surface area (Å²) in [6, 6.07) is 7.35. The lowest BCUT2D eigenvalue weighted by Crippen LogP contribution is -2.37. The number of carbonyl (C=O) groups is 1. The van der Waals surface area contributed by atoms with Crippen molar-refractivity contribution in [1.82, 2.24) is 14.1 Å². The molecule has 27 heavy (non-hydrogen) atoms. The van der Waals surface area contributed by atoms with Crippen LogP contribution in [-0.2, 0) is 26.9 Å². The van der Waals surface area contributed by atoms with E-state index in [2.05, 4.69) is 10.3 Å². The monoisotopic (exact) mass is 364 g/mol. The molecule has 0 saturated heterocycles. The molecule has 0 aliphatic heterocycles. The molecular formula is C20H20N4O3. The number of amides is 1. The van der Waals surface area contributed by atoms with Crippen molar-refractivity contribution in [2.45, 2.75) is 25.7 Å². The maximum Gasteiger partial charge on any atom is 0.332 e. The largest absolute Gasteiger partial charge is 0.332 e. The van der Waals surface area contributed by atoms with Gasteiger partial charge in [0.05, 0.1) is 17.3 Å². The van der Waals surface area contributed by atoms with Gasteiger partial charge < -0.3 is 5.32 Å². The molecule has 3 aromatic rings. The molecule has 7 heteroatoms. The van der Waals surface area contributed by atoms with E-state index < -0.39 is 11.2 Å². The first kappa shape index (κ1) is 17.2. The number of hydrogen-bond acceptors (Lipinski definition) is 4. The molecule has 1 aromatic carbocycles. The van der Waals surface area contributed by atoms with Gasteiger partial charge in [0.15, 0.2) is 0 Å². The summed E-state index contributed by atoms with van der Waals surface area (Å²) in [5.41, 5.74) is 2.96. The molecule has 7 nitrogen and oxygen atoms in total. The lowest BCUT2D eigenvalue weighted by Gasteiger charge is -2.16. The van der Waals surface area contributed by atoms with Crippen LogP contribution in [0.5, 0.6) is 0 Å². The highest BCUT2D eigenvalue weighted by molar-refractivity contribution is 6.05. The number of benzene rings is 1. The summed E-state index contributed by atoms with van der Waals surface area (Å²) in [5, 5.41) is 3.08. The number of pyridine rings is 1.